The molecule has 1 aromatic carbocycles. The number of hydrogen-bond donors (Lipinski definition) is 2. The first-order chi connectivity index (χ1) is 11.6. The van der Waals surface area contributed by atoms with Crippen LogP contribution in [0.1, 0.15) is 31.0 Å². The van der Waals surface area contributed by atoms with E-state index in [1.54, 1.807) is 6.20 Å². The van der Waals surface area contributed by atoms with Crippen molar-refractivity contribution in [3.63, 3.8) is 0 Å². The predicted molar refractivity (Wildman–Crippen MR) is 93.9 cm³/mol. The Morgan fingerprint density at radius 3 is 2.58 bits per heavy atom. The molecule has 5 heteroatoms. The van der Waals surface area contributed by atoms with Crippen LogP contribution in [0.2, 0.25) is 0 Å². The molecule has 0 saturated carbocycles. The number of carbonyl (C=O) groups is 1. The van der Waals surface area contributed by atoms with Gasteiger partial charge in [-0.2, -0.15) is 5.26 Å². The highest BCUT2D eigenvalue weighted by Gasteiger charge is 2.09. The molecular weight excluding hydrogens is 300 g/mol. The van der Waals surface area contributed by atoms with Gasteiger partial charge in [0, 0.05) is 18.1 Å². The average molecular weight is 320 g/mol. The number of benzene rings is 1. The molecule has 122 valence electrons. The summed E-state index contributed by atoms with van der Waals surface area (Å²) < 4.78 is 0. The maximum Gasteiger partial charge on any atom is 0.267 e. The van der Waals surface area contributed by atoms with E-state index in [1.165, 1.54) is 11.8 Å². The lowest BCUT2D eigenvalue weighted by Crippen LogP contribution is -2.16. The van der Waals surface area contributed by atoms with E-state index in [9.17, 15) is 4.79 Å². The van der Waals surface area contributed by atoms with Crippen LogP contribution < -0.4 is 10.6 Å². The van der Waals surface area contributed by atoms with E-state index in [4.69, 9.17) is 5.26 Å². The molecule has 0 radical (unpaired) electrons. The summed E-state index contributed by atoms with van der Waals surface area (Å²) in [6.45, 7) is 4.66. The molecule has 2 rings (SSSR count). The lowest BCUT2D eigenvalue weighted by molar-refractivity contribution is -0.112. The van der Waals surface area contributed by atoms with E-state index < -0.39 is 5.91 Å². The number of hydrogen-bond acceptors (Lipinski definition) is 4. The molecule has 0 aliphatic rings. The number of amides is 1. The number of anilines is 1. The minimum absolute atomic E-state index is 0.0128. The van der Waals surface area contributed by atoms with Gasteiger partial charge in [-0.3, -0.25) is 9.78 Å². The van der Waals surface area contributed by atoms with Gasteiger partial charge in [0.25, 0.3) is 5.91 Å². The number of nitrogens with one attached hydrogen (secondary N) is 2. The van der Waals surface area contributed by atoms with Gasteiger partial charge in [0.2, 0.25) is 0 Å². The largest absolute Gasteiger partial charge is 0.384 e. The molecule has 2 N–H and O–H groups in total. The molecule has 24 heavy (non-hydrogen) atoms. The lowest BCUT2D eigenvalue weighted by Gasteiger charge is -2.08. The minimum Gasteiger partial charge on any atom is -0.384 e. The zero-order chi connectivity index (χ0) is 17.4. The van der Waals surface area contributed by atoms with Gasteiger partial charge in [-0.25, -0.2) is 0 Å². The first kappa shape index (κ1) is 17.2. The van der Waals surface area contributed by atoms with Crippen molar-refractivity contribution in [1.82, 2.24) is 10.3 Å². The van der Waals surface area contributed by atoms with Crippen molar-refractivity contribution in [2.24, 2.45) is 0 Å². The molecule has 0 spiro atoms. The van der Waals surface area contributed by atoms with E-state index in [-0.39, 0.29) is 5.57 Å². The average Bonchev–Trinajstić information content (AvgIpc) is 2.60. The Balaban J connectivity index is 1.95. The molecule has 0 unspecified atom stereocenters. The second kappa shape index (κ2) is 8.49. The van der Waals surface area contributed by atoms with Gasteiger partial charge in [0.15, 0.2) is 0 Å². The van der Waals surface area contributed by atoms with Gasteiger partial charge < -0.3 is 10.6 Å². The molecule has 0 atom stereocenters. The highest BCUT2D eigenvalue weighted by molar-refractivity contribution is 6.06. The van der Waals surface area contributed by atoms with Crippen molar-refractivity contribution in [2.75, 3.05) is 5.32 Å². The maximum absolute atomic E-state index is 12.1. The van der Waals surface area contributed by atoms with E-state index in [2.05, 4.69) is 29.5 Å². The summed E-state index contributed by atoms with van der Waals surface area (Å²) in [5.74, 6) is -0.0107. The molecule has 1 aromatic heterocycles. The molecule has 0 aliphatic carbocycles. The van der Waals surface area contributed by atoms with Gasteiger partial charge in [0.05, 0.1) is 12.2 Å². The number of rotatable bonds is 6. The smallest absolute Gasteiger partial charge is 0.267 e. The zero-order valence-corrected chi connectivity index (χ0v) is 13.8. The first-order valence-corrected chi connectivity index (χ1v) is 7.75. The molecule has 0 aliphatic heterocycles. The molecule has 5 nitrogen and oxygen atoms in total. The Morgan fingerprint density at radius 2 is 2.00 bits per heavy atom. The molecule has 0 saturated heterocycles. The fourth-order valence-corrected chi connectivity index (χ4v) is 2.06. The van der Waals surface area contributed by atoms with Crippen molar-refractivity contribution in [3.05, 3.63) is 71.7 Å². The minimum atomic E-state index is -0.441. The number of nitriles is 1. The second-order valence-electron chi connectivity index (χ2n) is 5.60. The summed E-state index contributed by atoms with van der Waals surface area (Å²) >= 11 is 0. The summed E-state index contributed by atoms with van der Waals surface area (Å²) in [6.07, 6.45) is 3.10. The van der Waals surface area contributed by atoms with Crippen LogP contribution in [0, 0.1) is 11.3 Å². The zero-order valence-electron chi connectivity index (χ0n) is 13.8. The molecular formula is C19H20N4O. The second-order valence-corrected chi connectivity index (χ2v) is 5.60. The van der Waals surface area contributed by atoms with Gasteiger partial charge >= 0.3 is 0 Å². The molecule has 0 fully saturated rings. The van der Waals surface area contributed by atoms with Gasteiger partial charge in [-0.1, -0.05) is 32.0 Å². The molecule has 1 heterocycles. The number of pyridine rings is 1. The maximum atomic E-state index is 12.1. The fraction of sp³-hybridized carbons (Fsp3) is 0.211. The Hall–Kier alpha value is -3.13. The molecule has 0 bridgehead atoms. The standard InChI is InChI=1S/C19H20N4O/c1-14(2)15-6-8-17(9-7-15)23-19(24)16(11-20)12-21-13-18-5-3-4-10-22-18/h3-10,12,14,21H,13H2,1-2H3,(H,23,24)/b16-12-. The molecule has 2 aromatic rings. The van der Waals surface area contributed by atoms with Crippen LogP contribution in [-0.2, 0) is 11.3 Å². The quantitative estimate of drug-likeness (QED) is 0.632. The number of nitrogens with zero attached hydrogens (tertiary/aromatic N) is 2. The Bertz CT molecular complexity index is 743. The van der Waals surface area contributed by atoms with Crippen LogP contribution in [0.3, 0.4) is 0 Å². The number of carbonyl (C=O) groups excluding carboxylic acids is 1. The van der Waals surface area contributed by atoms with Crippen LogP contribution in [0.5, 0.6) is 0 Å². The summed E-state index contributed by atoms with van der Waals surface area (Å²) in [5.41, 5.74) is 2.70. The highest BCUT2D eigenvalue weighted by Crippen LogP contribution is 2.17. The third-order valence-corrected chi connectivity index (χ3v) is 3.46. The van der Waals surface area contributed by atoms with Crippen molar-refractivity contribution >= 4 is 11.6 Å². The number of aromatic nitrogens is 1. The van der Waals surface area contributed by atoms with Crippen LogP contribution in [0.15, 0.2) is 60.4 Å². The Morgan fingerprint density at radius 1 is 1.25 bits per heavy atom. The van der Waals surface area contributed by atoms with Gasteiger partial charge in [0.1, 0.15) is 11.6 Å². The lowest BCUT2D eigenvalue weighted by atomic mass is 10.0. The molecule has 1 amide bonds. The van der Waals surface area contributed by atoms with Gasteiger partial charge in [-0.05, 0) is 35.7 Å². The van der Waals surface area contributed by atoms with Crippen molar-refractivity contribution in [2.45, 2.75) is 26.3 Å². The van der Waals surface area contributed by atoms with Crippen molar-refractivity contribution in [3.8, 4) is 6.07 Å². The predicted octanol–water partition coefficient (Wildman–Crippen LogP) is 3.34. The normalized spacial score (nSPS) is 11.0. The van der Waals surface area contributed by atoms with Crippen LogP contribution >= 0.6 is 0 Å². The third-order valence-electron chi connectivity index (χ3n) is 3.46. The monoisotopic (exact) mass is 320 g/mol. The fourth-order valence-electron chi connectivity index (χ4n) is 2.06. The SMILES string of the molecule is CC(C)c1ccc(NC(=O)/C(C#N)=C\NCc2ccccn2)cc1. The highest BCUT2D eigenvalue weighted by atomic mass is 16.1. The topological polar surface area (TPSA) is 77.8 Å². The summed E-state index contributed by atoms with van der Waals surface area (Å²) in [5, 5.41) is 14.8. The van der Waals surface area contributed by atoms with Crippen LogP contribution in [0.4, 0.5) is 5.69 Å². The van der Waals surface area contributed by atoms with E-state index in [0.29, 0.717) is 18.2 Å². The third kappa shape index (κ3) is 4.96. The summed E-state index contributed by atoms with van der Waals surface area (Å²) in [7, 11) is 0. The first-order valence-electron chi connectivity index (χ1n) is 7.75. The van der Waals surface area contributed by atoms with E-state index in [0.717, 1.165) is 5.69 Å². The van der Waals surface area contributed by atoms with Crippen LogP contribution in [0.25, 0.3) is 0 Å². The van der Waals surface area contributed by atoms with Crippen LogP contribution in [-0.4, -0.2) is 10.9 Å². The van der Waals surface area contributed by atoms with Gasteiger partial charge in [-0.15, -0.1) is 0 Å². The van der Waals surface area contributed by atoms with E-state index >= 15 is 0 Å². The Labute approximate surface area is 142 Å². The van der Waals surface area contributed by atoms with Crippen molar-refractivity contribution < 1.29 is 4.79 Å². The van der Waals surface area contributed by atoms with E-state index in [1.807, 2.05) is 48.5 Å². The van der Waals surface area contributed by atoms with Crippen molar-refractivity contribution in [1.29, 1.82) is 5.26 Å². The summed E-state index contributed by atoms with van der Waals surface area (Å²) in [6, 6.07) is 15.1. The summed E-state index contributed by atoms with van der Waals surface area (Å²) in [4.78, 5) is 16.3. The Kier molecular flexibility index (Phi) is 6.09.